The zero-order valence-electron chi connectivity index (χ0n) is 26.0. The molecule has 10 nitrogen and oxygen atoms in total. The monoisotopic (exact) mass is 657 g/mol. The van der Waals surface area contributed by atoms with Crippen molar-refractivity contribution in [3.8, 4) is 0 Å². The Labute approximate surface area is 273 Å². The van der Waals surface area contributed by atoms with Gasteiger partial charge in [0.2, 0.25) is 17.7 Å². The number of nitrogens with one attached hydrogen (secondary N) is 4. The number of aromatic amines is 1. The maximum atomic E-state index is 14.2. The van der Waals surface area contributed by atoms with E-state index >= 15 is 0 Å². The van der Waals surface area contributed by atoms with E-state index in [1.165, 1.54) is 0 Å². The third-order valence-electron chi connectivity index (χ3n) is 8.43. The molecule has 12 heteroatoms. The van der Waals surface area contributed by atoms with E-state index in [2.05, 4.69) is 20.9 Å². The van der Waals surface area contributed by atoms with Gasteiger partial charge in [0.05, 0.1) is 10.5 Å². The number of fused-ring (bicyclic) bond motifs is 3. The summed E-state index contributed by atoms with van der Waals surface area (Å²) in [7, 11) is 0. The molecule has 2 aromatic carbocycles. The summed E-state index contributed by atoms with van der Waals surface area (Å²) in [6.45, 7) is 7.61. The highest BCUT2D eigenvalue weighted by Crippen LogP contribution is 2.38. The van der Waals surface area contributed by atoms with Crippen molar-refractivity contribution in [1.29, 1.82) is 0 Å². The van der Waals surface area contributed by atoms with Gasteiger partial charge in [-0.3, -0.25) is 14.4 Å². The molecule has 1 aromatic heterocycles. The van der Waals surface area contributed by atoms with Gasteiger partial charge >= 0.3 is 6.09 Å². The predicted molar refractivity (Wildman–Crippen MR) is 175 cm³/mol. The van der Waals surface area contributed by atoms with Crippen LogP contribution in [0.2, 0.25) is 10.0 Å². The maximum absolute atomic E-state index is 14.2. The second-order valence-electron chi connectivity index (χ2n) is 12.3. The molecular formula is C33H41Cl2N5O5. The number of H-pyrrole nitrogens is 1. The molecule has 0 saturated heterocycles. The number of amides is 4. The molecule has 0 spiro atoms. The van der Waals surface area contributed by atoms with E-state index in [-0.39, 0.29) is 31.3 Å². The number of rotatable bonds is 12. The molecule has 0 radical (unpaired) electrons. The summed E-state index contributed by atoms with van der Waals surface area (Å²) in [5.41, 5.74) is 7.37. The van der Waals surface area contributed by atoms with E-state index in [9.17, 15) is 19.2 Å². The molecule has 6 N–H and O–H groups in total. The van der Waals surface area contributed by atoms with Gasteiger partial charge in [-0.05, 0) is 54.4 Å². The maximum Gasteiger partial charge on any atom is 0.408 e. The summed E-state index contributed by atoms with van der Waals surface area (Å²) in [6.07, 6.45) is 0.851. The number of carbonyl (C=O) groups excluding carboxylic acids is 4. The van der Waals surface area contributed by atoms with Crippen molar-refractivity contribution in [3.63, 3.8) is 0 Å². The molecular weight excluding hydrogens is 617 g/mol. The molecule has 0 aliphatic heterocycles. The highest BCUT2D eigenvalue weighted by Gasteiger charge is 2.46. The van der Waals surface area contributed by atoms with Crippen molar-refractivity contribution in [1.82, 2.24) is 20.9 Å². The van der Waals surface area contributed by atoms with Crippen LogP contribution in [-0.2, 0) is 38.6 Å². The lowest BCUT2D eigenvalue weighted by Crippen LogP contribution is -2.66. The van der Waals surface area contributed by atoms with Crippen LogP contribution in [0.4, 0.5) is 4.79 Å². The normalized spacial score (nSPS) is 18.0. The van der Waals surface area contributed by atoms with Crippen LogP contribution in [0, 0.1) is 11.8 Å². The Morgan fingerprint density at radius 3 is 2.42 bits per heavy atom. The van der Waals surface area contributed by atoms with Gasteiger partial charge in [-0.2, -0.15) is 0 Å². The average molecular weight is 659 g/mol. The van der Waals surface area contributed by atoms with Crippen molar-refractivity contribution < 1.29 is 23.9 Å². The minimum atomic E-state index is -1.47. The van der Waals surface area contributed by atoms with Crippen LogP contribution in [0.15, 0.2) is 42.5 Å². The number of carbonyl (C=O) groups is 4. The third-order valence-corrected chi connectivity index (χ3v) is 8.95. The molecule has 45 heavy (non-hydrogen) atoms. The van der Waals surface area contributed by atoms with Crippen LogP contribution in [0.5, 0.6) is 0 Å². The van der Waals surface area contributed by atoms with Crippen molar-refractivity contribution >= 4 is 57.9 Å². The highest BCUT2D eigenvalue weighted by atomic mass is 35.5. The molecule has 242 valence electrons. The fraction of sp³-hybridized carbons (Fsp3) is 0.455. The van der Waals surface area contributed by atoms with E-state index in [1.54, 1.807) is 12.1 Å². The van der Waals surface area contributed by atoms with Gasteiger partial charge in [0, 0.05) is 22.5 Å². The number of hydrogen-bond donors (Lipinski definition) is 5. The number of nitrogens with two attached hydrogens (primary N) is 1. The van der Waals surface area contributed by atoms with Crippen LogP contribution in [0.1, 0.15) is 63.8 Å². The number of benzene rings is 2. The number of primary amides is 1. The highest BCUT2D eigenvalue weighted by molar-refractivity contribution is 6.38. The van der Waals surface area contributed by atoms with E-state index < -0.39 is 41.4 Å². The fourth-order valence-corrected chi connectivity index (χ4v) is 6.31. The second-order valence-corrected chi connectivity index (χ2v) is 13.1. The second kappa shape index (κ2) is 14.6. The molecule has 4 atom stereocenters. The Bertz CT molecular complexity index is 1560. The van der Waals surface area contributed by atoms with E-state index in [4.69, 9.17) is 33.7 Å². The van der Waals surface area contributed by atoms with Gasteiger partial charge in [-0.25, -0.2) is 4.79 Å². The molecule has 1 unspecified atom stereocenters. The molecule has 1 heterocycles. The molecule has 3 aromatic rings. The summed E-state index contributed by atoms with van der Waals surface area (Å²) in [5.74, 6) is -1.96. The van der Waals surface area contributed by atoms with Crippen LogP contribution < -0.4 is 21.7 Å². The summed E-state index contributed by atoms with van der Waals surface area (Å²) in [4.78, 5) is 56.8. The molecule has 1 aliphatic rings. The largest absolute Gasteiger partial charge is 0.445 e. The predicted octanol–water partition coefficient (Wildman–Crippen LogP) is 5.18. The topological polar surface area (TPSA) is 155 Å². The van der Waals surface area contributed by atoms with Crippen LogP contribution >= 0.6 is 23.2 Å². The lowest BCUT2D eigenvalue weighted by atomic mass is 9.78. The zero-order valence-corrected chi connectivity index (χ0v) is 27.5. The Morgan fingerprint density at radius 2 is 1.78 bits per heavy atom. The molecule has 0 bridgehead atoms. The van der Waals surface area contributed by atoms with Crippen LogP contribution in [-0.4, -0.2) is 46.4 Å². The lowest BCUT2D eigenvalue weighted by molar-refractivity contribution is -0.137. The number of alkyl carbamates (subject to hydrolysis) is 1. The number of aryl methyl sites for hydroxylation is 1. The van der Waals surface area contributed by atoms with E-state index in [0.29, 0.717) is 34.8 Å². The number of aromatic nitrogens is 1. The van der Waals surface area contributed by atoms with Crippen molar-refractivity contribution in [3.05, 3.63) is 69.3 Å². The summed E-state index contributed by atoms with van der Waals surface area (Å²) < 4.78 is 5.39. The van der Waals surface area contributed by atoms with Crippen LogP contribution in [0.3, 0.4) is 0 Å². The quantitative estimate of drug-likeness (QED) is 0.182. The minimum absolute atomic E-state index is 0.0282. The summed E-state index contributed by atoms with van der Waals surface area (Å²) in [6, 6.07) is 10.7. The number of ether oxygens (including phenoxy) is 1. The van der Waals surface area contributed by atoms with Gasteiger partial charge in [-0.15, -0.1) is 0 Å². The first-order chi connectivity index (χ1) is 21.3. The minimum Gasteiger partial charge on any atom is -0.445 e. The SMILES string of the molecule is CCC(C)[C@H](NC(=O)[C@@]1(NC(=O)[C@H](CC(C)C)NC(=O)OCc2ccccc2)CCc2[nH]c3c(Cl)cc(Cl)cc3c2C1)C(N)=O. The van der Waals surface area contributed by atoms with Gasteiger partial charge in [0.1, 0.15) is 24.2 Å². The Hall–Kier alpha value is -3.76. The fourth-order valence-electron chi connectivity index (χ4n) is 5.77. The van der Waals surface area contributed by atoms with Gasteiger partial charge in [0.25, 0.3) is 0 Å². The number of hydrogen-bond acceptors (Lipinski definition) is 5. The Kier molecular flexibility index (Phi) is 11.0. The van der Waals surface area contributed by atoms with Gasteiger partial charge in [0.15, 0.2) is 0 Å². The smallest absolute Gasteiger partial charge is 0.408 e. The molecule has 4 rings (SSSR count). The van der Waals surface area contributed by atoms with E-state index in [0.717, 1.165) is 22.2 Å². The van der Waals surface area contributed by atoms with Gasteiger partial charge < -0.3 is 31.4 Å². The van der Waals surface area contributed by atoms with Crippen molar-refractivity contribution in [2.75, 3.05) is 0 Å². The number of halogens is 2. The molecule has 0 saturated carbocycles. The standard InChI is InChI=1S/C33H41Cl2N5O5/c1-5-19(4)27(29(36)41)39-31(43)33(12-11-25-23(16-33)22-14-21(34)15-24(35)28(22)37-25)40-30(42)26(13-18(2)3)38-32(44)45-17-20-9-7-6-8-10-20/h6-10,14-15,18-19,26-27,37H,5,11-13,16-17H2,1-4H3,(H2,36,41)(H,38,44)(H,39,43)(H,40,42)/t19?,26-,27-,33+/m0/s1. The van der Waals surface area contributed by atoms with Gasteiger partial charge in [-0.1, -0.05) is 87.6 Å². The van der Waals surface area contributed by atoms with Crippen molar-refractivity contribution in [2.45, 2.75) is 84.0 Å². The molecule has 1 aliphatic carbocycles. The van der Waals surface area contributed by atoms with E-state index in [1.807, 2.05) is 58.0 Å². The van der Waals surface area contributed by atoms with Crippen LogP contribution in [0.25, 0.3) is 10.9 Å². The van der Waals surface area contributed by atoms with Crippen molar-refractivity contribution in [2.24, 2.45) is 17.6 Å². The first-order valence-corrected chi connectivity index (χ1v) is 16.0. The Morgan fingerprint density at radius 1 is 1.07 bits per heavy atom. The summed E-state index contributed by atoms with van der Waals surface area (Å²) in [5, 5.41) is 10.1. The Balaban J connectivity index is 1.65. The zero-order chi connectivity index (χ0) is 32.9. The lowest BCUT2D eigenvalue weighted by Gasteiger charge is -2.39. The first kappa shape index (κ1) is 34.1. The summed E-state index contributed by atoms with van der Waals surface area (Å²) >= 11 is 12.8. The molecule has 4 amide bonds. The average Bonchev–Trinajstić information content (AvgIpc) is 3.35. The molecule has 0 fully saturated rings. The first-order valence-electron chi connectivity index (χ1n) is 15.2. The third kappa shape index (κ3) is 8.10.